The Bertz CT molecular complexity index is 1030. The number of ether oxygens (including phenoxy) is 2. The molecule has 1 aliphatic rings. The Morgan fingerprint density at radius 2 is 1.77 bits per heavy atom. The second kappa shape index (κ2) is 9.34. The Morgan fingerprint density at radius 1 is 1.10 bits per heavy atom. The van der Waals surface area contributed by atoms with Gasteiger partial charge in [-0.2, -0.15) is 0 Å². The molecular weight excluding hydrogens is 398 g/mol. The summed E-state index contributed by atoms with van der Waals surface area (Å²) in [5, 5.41) is 5.78. The van der Waals surface area contributed by atoms with Crippen molar-refractivity contribution >= 4 is 23.6 Å². The van der Waals surface area contributed by atoms with Gasteiger partial charge in [0.25, 0.3) is 5.91 Å². The van der Waals surface area contributed by atoms with E-state index in [1.54, 1.807) is 49.4 Å². The van der Waals surface area contributed by atoms with Gasteiger partial charge in [0.05, 0.1) is 37.1 Å². The molecule has 2 aromatic rings. The number of anilines is 1. The van der Waals surface area contributed by atoms with Crippen molar-refractivity contribution in [3.63, 3.8) is 0 Å². The number of para-hydroxylation sites is 2. The first-order valence-corrected chi connectivity index (χ1v) is 9.82. The molecule has 0 radical (unpaired) electrons. The summed E-state index contributed by atoms with van der Waals surface area (Å²) in [5.41, 5.74) is 2.53. The van der Waals surface area contributed by atoms with Crippen molar-refractivity contribution in [2.75, 3.05) is 26.1 Å². The smallest absolute Gasteiger partial charge is 0.337 e. The molecule has 3 amide bonds. The van der Waals surface area contributed by atoms with Crippen LogP contribution >= 0.6 is 0 Å². The summed E-state index contributed by atoms with van der Waals surface area (Å²) in [6.45, 7) is 4.00. The molecule has 1 atom stereocenters. The van der Waals surface area contributed by atoms with Crippen LogP contribution in [0.2, 0.25) is 0 Å². The van der Waals surface area contributed by atoms with E-state index in [0.29, 0.717) is 40.4 Å². The number of amides is 3. The average Bonchev–Trinajstić information content (AvgIpc) is 2.78. The van der Waals surface area contributed by atoms with Gasteiger partial charge < -0.3 is 20.1 Å². The Balaban J connectivity index is 2.01. The molecule has 1 heterocycles. The van der Waals surface area contributed by atoms with Crippen molar-refractivity contribution in [1.82, 2.24) is 10.2 Å². The Labute approximate surface area is 180 Å². The lowest BCUT2D eigenvalue weighted by Crippen LogP contribution is -2.48. The number of rotatable bonds is 6. The second-order valence-electron chi connectivity index (χ2n) is 6.89. The third kappa shape index (κ3) is 4.37. The van der Waals surface area contributed by atoms with Gasteiger partial charge in [0.1, 0.15) is 5.75 Å². The summed E-state index contributed by atoms with van der Waals surface area (Å²) in [4.78, 5) is 39.2. The van der Waals surface area contributed by atoms with Gasteiger partial charge in [-0.25, -0.2) is 9.59 Å². The maximum absolute atomic E-state index is 13.3. The van der Waals surface area contributed by atoms with Crippen LogP contribution in [0.25, 0.3) is 0 Å². The molecule has 2 aromatic carbocycles. The molecule has 31 heavy (non-hydrogen) atoms. The van der Waals surface area contributed by atoms with Crippen LogP contribution in [0.1, 0.15) is 35.8 Å². The summed E-state index contributed by atoms with van der Waals surface area (Å²) in [5.74, 6) is -0.292. The number of methoxy groups -OCH3 is 2. The van der Waals surface area contributed by atoms with E-state index in [4.69, 9.17) is 9.47 Å². The predicted molar refractivity (Wildman–Crippen MR) is 116 cm³/mol. The summed E-state index contributed by atoms with van der Waals surface area (Å²) < 4.78 is 10.1. The Hall–Kier alpha value is -3.81. The molecule has 8 heteroatoms. The number of allylic oxidation sites excluding steroid dienone is 1. The van der Waals surface area contributed by atoms with Crippen LogP contribution < -0.4 is 15.4 Å². The molecule has 8 nitrogen and oxygen atoms in total. The van der Waals surface area contributed by atoms with E-state index in [1.165, 1.54) is 19.1 Å². The van der Waals surface area contributed by atoms with Gasteiger partial charge in [-0.3, -0.25) is 9.69 Å². The maximum Gasteiger partial charge on any atom is 0.337 e. The van der Waals surface area contributed by atoms with Crippen LogP contribution in [-0.4, -0.2) is 43.6 Å². The highest BCUT2D eigenvalue weighted by Gasteiger charge is 2.35. The number of nitrogens with zero attached hydrogens (tertiary/aromatic N) is 1. The quantitative estimate of drug-likeness (QED) is 0.694. The lowest BCUT2D eigenvalue weighted by Gasteiger charge is -2.35. The fourth-order valence-corrected chi connectivity index (χ4v) is 3.57. The van der Waals surface area contributed by atoms with E-state index >= 15 is 0 Å². The zero-order chi connectivity index (χ0) is 22.5. The third-order valence-corrected chi connectivity index (χ3v) is 5.18. The van der Waals surface area contributed by atoms with E-state index in [9.17, 15) is 14.4 Å². The standard InChI is InChI=1S/C23H25N3O5/c1-5-26-14(2)19(21(27)24-17-8-6-7-9-18(17)30-3)20(25-23(26)29)15-10-12-16(13-11-15)22(28)31-4/h6-13,20H,5H2,1-4H3,(H,24,27)(H,25,29)/t20-/m1/s1. The molecule has 0 unspecified atom stereocenters. The van der Waals surface area contributed by atoms with Crippen LogP contribution in [0.4, 0.5) is 10.5 Å². The van der Waals surface area contributed by atoms with Crippen molar-refractivity contribution in [1.29, 1.82) is 0 Å². The monoisotopic (exact) mass is 423 g/mol. The van der Waals surface area contributed by atoms with Crippen LogP contribution in [-0.2, 0) is 9.53 Å². The fourth-order valence-electron chi connectivity index (χ4n) is 3.57. The lowest BCUT2D eigenvalue weighted by atomic mass is 9.93. The van der Waals surface area contributed by atoms with Crippen molar-refractivity contribution in [2.24, 2.45) is 0 Å². The minimum absolute atomic E-state index is 0.295. The molecule has 0 aliphatic carbocycles. The van der Waals surface area contributed by atoms with Crippen LogP contribution in [0.15, 0.2) is 59.8 Å². The van der Waals surface area contributed by atoms with Crippen molar-refractivity contribution in [2.45, 2.75) is 19.9 Å². The fraction of sp³-hybridized carbons (Fsp3) is 0.261. The summed E-state index contributed by atoms with van der Waals surface area (Å²) in [7, 11) is 2.84. The number of hydrogen-bond acceptors (Lipinski definition) is 5. The Kier molecular flexibility index (Phi) is 6.59. The Morgan fingerprint density at radius 3 is 2.39 bits per heavy atom. The van der Waals surface area contributed by atoms with E-state index < -0.39 is 12.0 Å². The molecule has 0 aromatic heterocycles. The number of esters is 1. The van der Waals surface area contributed by atoms with Gasteiger partial charge in [0.2, 0.25) is 0 Å². The molecule has 0 spiro atoms. The van der Waals surface area contributed by atoms with Gasteiger partial charge in [-0.1, -0.05) is 24.3 Å². The summed E-state index contributed by atoms with van der Waals surface area (Å²) >= 11 is 0. The molecule has 162 valence electrons. The SMILES string of the molecule is CCN1C(=O)N[C@H](c2ccc(C(=O)OC)cc2)C(C(=O)Nc2ccccc2OC)=C1C. The van der Waals surface area contributed by atoms with Crippen LogP contribution in [0.5, 0.6) is 5.75 Å². The van der Waals surface area contributed by atoms with Gasteiger partial charge in [0, 0.05) is 12.2 Å². The summed E-state index contributed by atoms with van der Waals surface area (Å²) in [6.07, 6.45) is 0. The van der Waals surface area contributed by atoms with E-state index in [2.05, 4.69) is 10.6 Å². The number of nitrogens with one attached hydrogen (secondary N) is 2. The summed E-state index contributed by atoms with van der Waals surface area (Å²) in [6, 6.07) is 12.7. The topological polar surface area (TPSA) is 97.0 Å². The lowest BCUT2D eigenvalue weighted by molar-refractivity contribution is -0.113. The first-order chi connectivity index (χ1) is 14.9. The largest absolute Gasteiger partial charge is 0.495 e. The normalized spacial score (nSPS) is 15.9. The zero-order valence-electron chi connectivity index (χ0n) is 17.9. The van der Waals surface area contributed by atoms with E-state index in [1.807, 2.05) is 13.0 Å². The molecule has 0 bridgehead atoms. The minimum Gasteiger partial charge on any atom is -0.495 e. The minimum atomic E-state index is -0.684. The molecule has 3 rings (SSSR count). The van der Waals surface area contributed by atoms with E-state index in [0.717, 1.165) is 0 Å². The maximum atomic E-state index is 13.3. The molecular formula is C23H25N3O5. The van der Waals surface area contributed by atoms with Gasteiger partial charge in [-0.05, 0) is 43.7 Å². The van der Waals surface area contributed by atoms with Gasteiger partial charge in [0.15, 0.2) is 0 Å². The van der Waals surface area contributed by atoms with Crippen LogP contribution in [0.3, 0.4) is 0 Å². The first kappa shape index (κ1) is 21.9. The highest BCUT2D eigenvalue weighted by atomic mass is 16.5. The van der Waals surface area contributed by atoms with Gasteiger partial charge >= 0.3 is 12.0 Å². The zero-order valence-corrected chi connectivity index (χ0v) is 17.9. The van der Waals surface area contributed by atoms with Crippen molar-refractivity contribution in [3.8, 4) is 5.75 Å². The predicted octanol–water partition coefficient (Wildman–Crippen LogP) is 3.48. The average molecular weight is 423 g/mol. The van der Waals surface area contributed by atoms with Crippen molar-refractivity contribution in [3.05, 3.63) is 70.9 Å². The molecule has 0 saturated heterocycles. The van der Waals surface area contributed by atoms with Gasteiger partial charge in [-0.15, -0.1) is 0 Å². The molecule has 0 saturated carbocycles. The highest BCUT2D eigenvalue weighted by Crippen LogP contribution is 2.32. The number of carbonyl (C=O) groups is 3. The number of urea groups is 1. The number of hydrogen-bond donors (Lipinski definition) is 2. The molecule has 2 N–H and O–H groups in total. The third-order valence-electron chi connectivity index (χ3n) is 5.18. The first-order valence-electron chi connectivity index (χ1n) is 9.82. The van der Waals surface area contributed by atoms with Crippen molar-refractivity contribution < 1.29 is 23.9 Å². The molecule has 1 aliphatic heterocycles. The number of carbonyl (C=O) groups excluding carboxylic acids is 3. The second-order valence-corrected chi connectivity index (χ2v) is 6.89. The van der Waals surface area contributed by atoms with E-state index in [-0.39, 0.29) is 11.9 Å². The highest BCUT2D eigenvalue weighted by molar-refractivity contribution is 6.07. The molecule has 0 fully saturated rings. The number of benzene rings is 2. The van der Waals surface area contributed by atoms with Crippen LogP contribution in [0, 0.1) is 0 Å².